The predicted octanol–water partition coefficient (Wildman–Crippen LogP) is 3.98. The SMILES string of the molecule is O=C(CNc1cccc(C(=O)c2ccccc2)c1)c1ccc2c(c1)OCCO2. The van der Waals surface area contributed by atoms with Crippen molar-refractivity contribution in [3.05, 3.63) is 89.5 Å². The van der Waals surface area contributed by atoms with Gasteiger partial charge in [-0.2, -0.15) is 0 Å². The summed E-state index contributed by atoms with van der Waals surface area (Å²) in [5.74, 6) is 1.12. The van der Waals surface area contributed by atoms with Crippen molar-refractivity contribution >= 4 is 17.3 Å². The van der Waals surface area contributed by atoms with Crippen molar-refractivity contribution in [2.45, 2.75) is 0 Å². The van der Waals surface area contributed by atoms with Crippen molar-refractivity contribution in [3.63, 3.8) is 0 Å². The number of rotatable bonds is 6. The van der Waals surface area contributed by atoms with Crippen LogP contribution in [0.3, 0.4) is 0 Å². The summed E-state index contributed by atoms with van der Waals surface area (Å²) in [7, 11) is 0. The minimum absolute atomic E-state index is 0.0533. The van der Waals surface area contributed by atoms with Crippen LogP contribution in [0, 0.1) is 0 Å². The Morgan fingerprint density at radius 2 is 1.50 bits per heavy atom. The van der Waals surface area contributed by atoms with Gasteiger partial charge >= 0.3 is 0 Å². The van der Waals surface area contributed by atoms with E-state index in [-0.39, 0.29) is 18.1 Å². The lowest BCUT2D eigenvalue weighted by Crippen LogP contribution is -2.17. The van der Waals surface area contributed by atoms with Crippen LogP contribution < -0.4 is 14.8 Å². The third-order valence-corrected chi connectivity index (χ3v) is 4.48. The van der Waals surface area contributed by atoms with E-state index in [1.807, 2.05) is 24.3 Å². The lowest BCUT2D eigenvalue weighted by Gasteiger charge is -2.18. The van der Waals surface area contributed by atoms with Crippen LogP contribution in [0.25, 0.3) is 0 Å². The first kappa shape index (κ1) is 17.8. The first-order valence-corrected chi connectivity index (χ1v) is 9.07. The molecule has 0 saturated heterocycles. The standard InChI is InChI=1S/C23H19NO4/c25-20(17-9-10-21-22(14-17)28-12-11-27-21)15-24-19-8-4-7-18(13-19)23(26)16-5-2-1-3-6-16/h1-10,13-14,24H,11-12,15H2. The molecule has 5 nitrogen and oxygen atoms in total. The van der Waals surface area contributed by atoms with Gasteiger partial charge in [-0.25, -0.2) is 0 Å². The van der Waals surface area contributed by atoms with Gasteiger partial charge in [-0.1, -0.05) is 42.5 Å². The van der Waals surface area contributed by atoms with Crippen LogP contribution in [0.2, 0.25) is 0 Å². The number of hydrogen-bond donors (Lipinski definition) is 1. The molecule has 3 aromatic rings. The number of carbonyl (C=O) groups is 2. The smallest absolute Gasteiger partial charge is 0.193 e. The zero-order valence-electron chi connectivity index (χ0n) is 15.2. The number of fused-ring (bicyclic) bond motifs is 1. The van der Waals surface area contributed by atoms with Gasteiger partial charge in [0.25, 0.3) is 0 Å². The molecule has 1 aliphatic heterocycles. The molecule has 1 aliphatic rings. The van der Waals surface area contributed by atoms with Crippen molar-refractivity contribution in [1.82, 2.24) is 0 Å². The molecule has 0 aliphatic carbocycles. The van der Waals surface area contributed by atoms with E-state index in [0.717, 1.165) is 0 Å². The Morgan fingerprint density at radius 3 is 2.32 bits per heavy atom. The van der Waals surface area contributed by atoms with Gasteiger partial charge in [0.05, 0.1) is 6.54 Å². The molecule has 140 valence electrons. The Morgan fingerprint density at radius 1 is 0.750 bits per heavy atom. The van der Waals surface area contributed by atoms with E-state index in [9.17, 15) is 9.59 Å². The summed E-state index contributed by atoms with van der Waals surface area (Å²) in [5.41, 5.74) is 2.47. The molecular weight excluding hydrogens is 354 g/mol. The molecule has 0 bridgehead atoms. The molecule has 1 heterocycles. The summed E-state index contributed by atoms with van der Waals surface area (Å²) >= 11 is 0. The summed E-state index contributed by atoms with van der Waals surface area (Å²) in [6.07, 6.45) is 0. The van der Waals surface area contributed by atoms with Gasteiger partial charge in [0.2, 0.25) is 0 Å². The quantitative estimate of drug-likeness (QED) is 0.662. The van der Waals surface area contributed by atoms with Crippen LogP contribution in [-0.4, -0.2) is 31.3 Å². The molecule has 0 spiro atoms. The van der Waals surface area contributed by atoms with Gasteiger partial charge in [-0.3, -0.25) is 9.59 Å². The number of nitrogens with one attached hydrogen (secondary N) is 1. The summed E-state index contributed by atoms with van der Waals surface area (Å²) in [6, 6.07) is 21.5. The molecule has 0 unspecified atom stereocenters. The van der Waals surface area contributed by atoms with Crippen molar-refractivity contribution in [2.75, 3.05) is 25.1 Å². The summed E-state index contributed by atoms with van der Waals surface area (Å²) < 4.78 is 11.0. The number of carbonyl (C=O) groups excluding carboxylic acids is 2. The van der Waals surface area contributed by atoms with Crippen molar-refractivity contribution in [2.24, 2.45) is 0 Å². The summed E-state index contributed by atoms with van der Waals surface area (Å²) in [5, 5.41) is 3.10. The van der Waals surface area contributed by atoms with E-state index >= 15 is 0 Å². The van der Waals surface area contributed by atoms with Crippen LogP contribution >= 0.6 is 0 Å². The van der Waals surface area contributed by atoms with Gasteiger partial charge in [-0.05, 0) is 30.3 Å². The second-order valence-electron chi connectivity index (χ2n) is 6.41. The number of benzene rings is 3. The van der Waals surface area contributed by atoms with Crippen molar-refractivity contribution in [3.8, 4) is 11.5 Å². The molecule has 0 amide bonds. The molecule has 0 radical (unpaired) electrons. The zero-order chi connectivity index (χ0) is 19.3. The van der Waals surface area contributed by atoms with Gasteiger partial charge in [0.15, 0.2) is 23.1 Å². The third kappa shape index (κ3) is 3.88. The largest absolute Gasteiger partial charge is 0.486 e. The average molecular weight is 373 g/mol. The van der Waals surface area contributed by atoms with Crippen molar-refractivity contribution in [1.29, 1.82) is 0 Å². The first-order chi connectivity index (χ1) is 13.7. The van der Waals surface area contributed by atoms with E-state index in [0.29, 0.717) is 47.1 Å². The molecule has 0 atom stereocenters. The lowest BCUT2D eigenvalue weighted by atomic mass is 10.0. The predicted molar refractivity (Wildman–Crippen MR) is 107 cm³/mol. The third-order valence-electron chi connectivity index (χ3n) is 4.48. The van der Waals surface area contributed by atoms with Crippen LogP contribution in [-0.2, 0) is 0 Å². The molecule has 0 saturated carbocycles. The highest BCUT2D eigenvalue weighted by Crippen LogP contribution is 2.30. The molecule has 5 heteroatoms. The van der Waals surface area contributed by atoms with E-state index < -0.39 is 0 Å². The second kappa shape index (κ2) is 7.96. The van der Waals surface area contributed by atoms with Gasteiger partial charge < -0.3 is 14.8 Å². The van der Waals surface area contributed by atoms with Gasteiger partial charge in [0, 0.05) is 22.4 Å². The fourth-order valence-electron chi connectivity index (χ4n) is 3.03. The zero-order valence-corrected chi connectivity index (χ0v) is 15.2. The molecule has 3 aromatic carbocycles. The number of ether oxygens (including phenoxy) is 2. The molecular formula is C23H19NO4. The Kier molecular flexibility index (Phi) is 5.06. The van der Waals surface area contributed by atoms with E-state index in [2.05, 4.69) is 5.32 Å². The Bertz CT molecular complexity index is 1010. The molecule has 28 heavy (non-hydrogen) atoms. The van der Waals surface area contributed by atoms with Crippen LogP contribution in [0.1, 0.15) is 26.3 Å². The first-order valence-electron chi connectivity index (χ1n) is 9.07. The number of anilines is 1. The fraction of sp³-hybridized carbons (Fsp3) is 0.130. The van der Waals surface area contributed by atoms with E-state index in [1.165, 1.54) is 0 Å². The van der Waals surface area contributed by atoms with Crippen LogP contribution in [0.15, 0.2) is 72.8 Å². The highest BCUT2D eigenvalue weighted by molar-refractivity contribution is 6.09. The highest BCUT2D eigenvalue weighted by atomic mass is 16.6. The normalized spacial score (nSPS) is 12.3. The highest BCUT2D eigenvalue weighted by Gasteiger charge is 2.15. The maximum atomic E-state index is 12.6. The summed E-state index contributed by atoms with van der Waals surface area (Å²) in [4.78, 5) is 25.1. The number of ketones is 2. The topological polar surface area (TPSA) is 64.6 Å². The number of Topliss-reactive ketones (excluding diaryl/α,β-unsaturated/α-hetero) is 1. The van der Waals surface area contributed by atoms with E-state index in [4.69, 9.17) is 9.47 Å². The Balaban J connectivity index is 1.44. The Hall–Kier alpha value is -3.60. The average Bonchev–Trinajstić information content (AvgIpc) is 2.77. The summed E-state index contributed by atoms with van der Waals surface area (Å²) in [6.45, 7) is 1.10. The number of hydrogen-bond acceptors (Lipinski definition) is 5. The second-order valence-corrected chi connectivity index (χ2v) is 6.41. The lowest BCUT2D eigenvalue weighted by molar-refractivity contribution is 0.100. The molecule has 4 rings (SSSR count). The van der Waals surface area contributed by atoms with Crippen molar-refractivity contribution < 1.29 is 19.1 Å². The van der Waals surface area contributed by atoms with Gasteiger partial charge in [0.1, 0.15) is 13.2 Å². The Labute approximate surface area is 162 Å². The van der Waals surface area contributed by atoms with Crippen LogP contribution in [0.5, 0.6) is 11.5 Å². The van der Waals surface area contributed by atoms with Gasteiger partial charge in [-0.15, -0.1) is 0 Å². The maximum Gasteiger partial charge on any atom is 0.193 e. The minimum Gasteiger partial charge on any atom is -0.486 e. The molecule has 1 N–H and O–H groups in total. The molecule has 0 aromatic heterocycles. The monoisotopic (exact) mass is 373 g/mol. The van der Waals surface area contributed by atoms with Crippen LogP contribution in [0.4, 0.5) is 5.69 Å². The molecule has 0 fully saturated rings. The van der Waals surface area contributed by atoms with E-state index in [1.54, 1.807) is 48.5 Å². The minimum atomic E-state index is -0.0724. The fourth-order valence-corrected chi connectivity index (χ4v) is 3.03. The maximum absolute atomic E-state index is 12.6.